The molecule has 0 aliphatic carbocycles. The predicted molar refractivity (Wildman–Crippen MR) is 149 cm³/mol. The molecule has 206 valence electrons. The average molecular weight is 541 g/mol. The lowest BCUT2D eigenvalue weighted by Gasteiger charge is -2.39. The topological polar surface area (TPSA) is 83.5 Å². The van der Waals surface area contributed by atoms with Gasteiger partial charge in [0.05, 0.1) is 31.5 Å². The van der Waals surface area contributed by atoms with Gasteiger partial charge >= 0.3 is 5.97 Å². The van der Waals surface area contributed by atoms with E-state index in [1.165, 1.54) is 0 Å². The van der Waals surface area contributed by atoms with Crippen LogP contribution in [0.5, 0.6) is 11.5 Å². The lowest BCUT2D eigenvalue weighted by molar-refractivity contribution is -0.247. The monoisotopic (exact) mass is 540 g/mol. The van der Waals surface area contributed by atoms with Gasteiger partial charge in [0.2, 0.25) is 6.29 Å². The van der Waals surface area contributed by atoms with Crippen LogP contribution in [0.2, 0.25) is 0 Å². The van der Waals surface area contributed by atoms with Gasteiger partial charge in [0.1, 0.15) is 23.7 Å². The van der Waals surface area contributed by atoms with Gasteiger partial charge in [0.15, 0.2) is 0 Å². The standard InChI is InChI=1S/C33H32O7/c34-29-20-31(38-27-16-18-28(19-17-27)39-33(35)26-14-8-3-9-15-26)40-30(23-36-21-24-10-4-1-5-11-24)32(29)37-22-25-12-6-2-7-13-25/h1-19,29-32,34H,20-23H2. The van der Waals surface area contributed by atoms with Crippen molar-refractivity contribution in [1.82, 2.24) is 0 Å². The van der Waals surface area contributed by atoms with Crippen LogP contribution in [0.3, 0.4) is 0 Å². The molecule has 1 saturated heterocycles. The predicted octanol–water partition coefficient (Wildman–Crippen LogP) is 5.56. The number of benzene rings is 4. The summed E-state index contributed by atoms with van der Waals surface area (Å²) in [4.78, 5) is 12.3. The molecule has 4 aromatic carbocycles. The Hall–Kier alpha value is -4.01. The molecule has 1 N–H and O–H groups in total. The van der Waals surface area contributed by atoms with Crippen LogP contribution in [0.4, 0.5) is 0 Å². The van der Waals surface area contributed by atoms with Crippen LogP contribution in [0, 0.1) is 0 Å². The maximum absolute atomic E-state index is 12.3. The van der Waals surface area contributed by atoms with Crippen molar-refractivity contribution in [2.75, 3.05) is 6.61 Å². The first-order valence-electron chi connectivity index (χ1n) is 13.3. The van der Waals surface area contributed by atoms with Gasteiger partial charge < -0.3 is 28.8 Å². The first kappa shape index (κ1) is 27.6. The van der Waals surface area contributed by atoms with E-state index in [-0.39, 0.29) is 13.0 Å². The van der Waals surface area contributed by atoms with Crippen LogP contribution < -0.4 is 9.47 Å². The number of aliphatic hydroxyl groups excluding tert-OH is 1. The van der Waals surface area contributed by atoms with Gasteiger partial charge in [-0.2, -0.15) is 0 Å². The minimum atomic E-state index is -0.820. The number of hydrogen-bond acceptors (Lipinski definition) is 7. The van der Waals surface area contributed by atoms with Crippen molar-refractivity contribution in [3.8, 4) is 11.5 Å². The molecular weight excluding hydrogens is 508 g/mol. The fourth-order valence-electron chi connectivity index (χ4n) is 4.45. The molecule has 0 spiro atoms. The molecule has 1 aliphatic heterocycles. The number of hydrogen-bond donors (Lipinski definition) is 1. The molecule has 1 heterocycles. The van der Waals surface area contributed by atoms with Gasteiger partial charge in [-0.3, -0.25) is 0 Å². The summed E-state index contributed by atoms with van der Waals surface area (Å²) in [6, 6.07) is 35.2. The molecule has 40 heavy (non-hydrogen) atoms. The summed E-state index contributed by atoms with van der Waals surface area (Å²) in [7, 11) is 0. The highest BCUT2D eigenvalue weighted by atomic mass is 16.7. The molecule has 0 bridgehead atoms. The minimum absolute atomic E-state index is 0.222. The highest BCUT2D eigenvalue weighted by molar-refractivity contribution is 5.90. The number of carbonyl (C=O) groups is 1. The van der Waals surface area contributed by atoms with Crippen LogP contribution in [-0.4, -0.2) is 42.3 Å². The molecule has 1 fully saturated rings. The molecule has 1 aliphatic rings. The normalized spacial score (nSPS) is 20.5. The van der Waals surface area contributed by atoms with E-state index in [4.69, 9.17) is 23.7 Å². The molecule has 0 saturated carbocycles. The quantitative estimate of drug-likeness (QED) is 0.197. The maximum Gasteiger partial charge on any atom is 0.343 e. The zero-order valence-electron chi connectivity index (χ0n) is 22.0. The Kier molecular flexibility index (Phi) is 9.55. The molecule has 7 heteroatoms. The maximum atomic E-state index is 12.3. The van der Waals surface area contributed by atoms with E-state index >= 15 is 0 Å². The van der Waals surface area contributed by atoms with E-state index < -0.39 is 30.6 Å². The highest BCUT2D eigenvalue weighted by Crippen LogP contribution is 2.28. The molecular formula is C33H32O7. The molecule has 0 amide bonds. The molecule has 0 radical (unpaired) electrons. The van der Waals surface area contributed by atoms with Gasteiger partial charge in [-0.15, -0.1) is 0 Å². The van der Waals surface area contributed by atoms with Crippen LogP contribution >= 0.6 is 0 Å². The largest absolute Gasteiger partial charge is 0.465 e. The Morgan fingerprint density at radius 3 is 1.98 bits per heavy atom. The van der Waals surface area contributed by atoms with Crippen molar-refractivity contribution < 1.29 is 33.6 Å². The Balaban J connectivity index is 1.20. The fraction of sp³-hybridized carbons (Fsp3) is 0.242. The van der Waals surface area contributed by atoms with Gasteiger partial charge in [0, 0.05) is 6.42 Å². The third-order valence-electron chi connectivity index (χ3n) is 6.50. The van der Waals surface area contributed by atoms with Gasteiger partial charge in [-0.1, -0.05) is 78.9 Å². The Morgan fingerprint density at radius 2 is 1.32 bits per heavy atom. The molecule has 7 nitrogen and oxygen atoms in total. The van der Waals surface area contributed by atoms with Gasteiger partial charge in [-0.05, 0) is 47.5 Å². The Bertz CT molecular complexity index is 1310. The van der Waals surface area contributed by atoms with Crippen molar-refractivity contribution in [3.63, 3.8) is 0 Å². The number of aliphatic hydroxyl groups is 1. The first-order valence-corrected chi connectivity index (χ1v) is 13.3. The van der Waals surface area contributed by atoms with Crippen molar-refractivity contribution >= 4 is 5.97 Å². The number of ether oxygens (including phenoxy) is 5. The van der Waals surface area contributed by atoms with E-state index in [0.29, 0.717) is 30.3 Å². The Morgan fingerprint density at radius 1 is 0.750 bits per heavy atom. The van der Waals surface area contributed by atoms with Crippen LogP contribution in [0.25, 0.3) is 0 Å². The van der Waals surface area contributed by atoms with Crippen LogP contribution in [-0.2, 0) is 27.4 Å². The number of rotatable bonds is 11. The summed E-state index contributed by atoms with van der Waals surface area (Å²) >= 11 is 0. The summed E-state index contributed by atoms with van der Waals surface area (Å²) < 4.78 is 29.8. The van der Waals surface area contributed by atoms with Crippen molar-refractivity contribution in [2.24, 2.45) is 0 Å². The summed E-state index contributed by atoms with van der Waals surface area (Å²) in [6.45, 7) is 0.979. The second kappa shape index (κ2) is 13.9. The smallest absolute Gasteiger partial charge is 0.343 e. The molecule has 4 aromatic rings. The van der Waals surface area contributed by atoms with E-state index in [2.05, 4.69) is 0 Å². The minimum Gasteiger partial charge on any atom is -0.465 e. The van der Waals surface area contributed by atoms with E-state index in [0.717, 1.165) is 11.1 Å². The van der Waals surface area contributed by atoms with Gasteiger partial charge in [0.25, 0.3) is 0 Å². The van der Waals surface area contributed by atoms with E-state index in [1.807, 2.05) is 66.7 Å². The number of esters is 1. The van der Waals surface area contributed by atoms with E-state index in [9.17, 15) is 9.90 Å². The second-order valence-electron chi connectivity index (χ2n) is 9.51. The van der Waals surface area contributed by atoms with Crippen molar-refractivity contribution in [3.05, 3.63) is 132 Å². The van der Waals surface area contributed by atoms with Crippen LogP contribution in [0.15, 0.2) is 115 Å². The molecule has 0 aromatic heterocycles. The molecule has 4 atom stereocenters. The molecule has 5 rings (SSSR count). The molecule has 4 unspecified atom stereocenters. The zero-order chi connectivity index (χ0) is 27.6. The summed E-state index contributed by atoms with van der Waals surface area (Å²) in [5.41, 5.74) is 2.52. The number of carbonyl (C=O) groups excluding carboxylic acids is 1. The highest BCUT2D eigenvalue weighted by Gasteiger charge is 2.40. The SMILES string of the molecule is O=C(Oc1ccc(OC2CC(O)C(OCc3ccccc3)C(COCc3ccccc3)O2)cc1)c1ccccc1. The summed E-state index contributed by atoms with van der Waals surface area (Å²) in [5, 5.41) is 11.0. The van der Waals surface area contributed by atoms with Crippen molar-refractivity contribution in [2.45, 2.75) is 44.2 Å². The van der Waals surface area contributed by atoms with Gasteiger partial charge in [-0.25, -0.2) is 4.79 Å². The van der Waals surface area contributed by atoms with Crippen LogP contribution in [0.1, 0.15) is 27.9 Å². The lowest BCUT2D eigenvalue weighted by atomic mass is 10.0. The average Bonchev–Trinajstić information content (AvgIpc) is 2.99. The third-order valence-corrected chi connectivity index (χ3v) is 6.50. The summed E-state index contributed by atoms with van der Waals surface area (Å²) in [6.07, 6.45) is -2.45. The first-order chi connectivity index (χ1) is 19.6. The second-order valence-corrected chi connectivity index (χ2v) is 9.51. The van der Waals surface area contributed by atoms with Crippen molar-refractivity contribution in [1.29, 1.82) is 0 Å². The van der Waals surface area contributed by atoms with E-state index in [1.54, 1.807) is 48.5 Å². The third kappa shape index (κ3) is 7.77. The lowest BCUT2D eigenvalue weighted by Crippen LogP contribution is -2.52. The zero-order valence-corrected chi connectivity index (χ0v) is 22.0. The fourth-order valence-corrected chi connectivity index (χ4v) is 4.45. The summed E-state index contributed by atoms with van der Waals surface area (Å²) in [5.74, 6) is 0.476. The Labute approximate surface area is 233 Å².